The van der Waals surface area contributed by atoms with Crippen LogP contribution in [0.2, 0.25) is 0 Å². The first-order valence-electron chi connectivity index (χ1n) is 8.89. The summed E-state index contributed by atoms with van der Waals surface area (Å²) in [5, 5.41) is 5.64. The van der Waals surface area contributed by atoms with Gasteiger partial charge in [-0.25, -0.2) is 4.79 Å². The summed E-state index contributed by atoms with van der Waals surface area (Å²) < 4.78 is 0. The number of hydrogen-bond acceptors (Lipinski definition) is 3. The van der Waals surface area contributed by atoms with Gasteiger partial charge in [-0.05, 0) is 31.2 Å². The van der Waals surface area contributed by atoms with E-state index in [1.165, 1.54) is 0 Å². The third kappa shape index (κ3) is 3.38. The Hall–Kier alpha value is -2.37. The van der Waals surface area contributed by atoms with Gasteiger partial charge in [0.05, 0.1) is 0 Å². The molecule has 1 aliphatic carbocycles. The quantitative estimate of drug-likeness (QED) is 0.822. The Morgan fingerprint density at radius 3 is 2.68 bits per heavy atom. The molecule has 2 N–H and O–H groups in total. The van der Waals surface area contributed by atoms with Crippen LogP contribution in [-0.4, -0.2) is 34.8 Å². The largest absolute Gasteiger partial charge is 0.350 e. The van der Waals surface area contributed by atoms with Gasteiger partial charge in [0.1, 0.15) is 12.1 Å². The Morgan fingerprint density at radius 1 is 1.28 bits per heavy atom. The maximum Gasteiger partial charge on any atom is 0.325 e. The third-order valence-electron chi connectivity index (χ3n) is 5.41. The van der Waals surface area contributed by atoms with Gasteiger partial charge in [-0.15, -0.1) is 0 Å². The molecular formula is C19H25N3O3. The van der Waals surface area contributed by atoms with E-state index in [2.05, 4.69) is 10.6 Å². The molecular weight excluding hydrogens is 318 g/mol. The molecule has 1 aromatic rings. The smallest absolute Gasteiger partial charge is 0.325 e. The van der Waals surface area contributed by atoms with E-state index in [1.54, 1.807) is 0 Å². The maximum atomic E-state index is 12.8. The van der Waals surface area contributed by atoms with E-state index in [0.717, 1.165) is 35.3 Å². The first-order valence-corrected chi connectivity index (χ1v) is 8.89. The van der Waals surface area contributed by atoms with Gasteiger partial charge in [0.25, 0.3) is 5.91 Å². The van der Waals surface area contributed by atoms with E-state index < -0.39 is 11.6 Å². The number of hydrogen-bond donors (Lipinski definition) is 2. The molecule has 0 radical (unpaired) electrons. The molecule has 0 bridgehead atoms. The van der Waals surface area contributed by atoms with Gasteiger partial charge in [-0.1, -0.05) is 49.6 Å². The molecule has 6 heteroatoms. The lowest BCUT2D eigenvalue weighted by Crippen LogP contribution is -2.54. The van der Waals surface area contributed by atoms with E-state index in [4.69, 9.17) is 0 Å². The van der Waals surface area contributed by atoms with Crippen molar-refractivity contribution >= 4 is 17.8 Å². The van der Waals surface area contributed by atoms with E-state index >= 15 is 0 Å². The lowest BCUT2D eigenvalue weighted by Gasteiger charge is -2.36. The van der Waals surface area contributed by atoms with Crippen LogP contribution in [0.15, 0.2) is 24.3 Å². The van der Waals surface area contributed by atoms with E-state index in [0.29, 0.717) is 13.0 Å². The van der Waals surface area contributed by atoms with Crippen molar-refractivity contribution in [2.45, 2.75) is 51.6 Å². The van der Waals surface area contributed by atoms with Crippen LogP contribution in [0.25, 0.3) is 0 Å². The first-order chi connectivity index (χ1) is 11.9. The molecule has 2 atom stereocenters. The van der Waals surface area contributed by atoms with Crippen molar-refractivity contribution in [2.24, 2.45) is 5.92 Å². The average Bonchev–Trinajstić information content (AvgIpc) is 2.82. The highest BCUT2D eigenvalue weighted by atomic mass is 16.2. The molecule has 134 valence electrons. The molecule has 2 fully saturated rings. The van der Waals surface area contributed by atoms with Crippen LogP contribution in [-0.2, 0) is 16.1 Å². The number of benzene rings is 1. The number of carbonyl (C=O) groups excluding carboxylic acids is 3. The SMILES string of the molecule is Cc1ccc(CNC(=O)CN2C(=O)NC3(CCCCC3C)C2=O)cc1. The Kier molecular flexibility index (Phi) is 4.79. The summed E-state index contributed by atoms with van der Waals surface area (Å²) in [6.07, 6.45) is 3.56. The standard InChI is InChI=1S/C19H25N3O3/c1-13-6-8-15(9-7-13)11-20-16(23)12-22-17(24)19(21-18(22)25)10-4-3-5-14(19)2/h6-9,14H,3-5,10-12H2,1-2H3,(H,20,23)(H,21,25). The highest BCUT2D eigenvalue weighted by Crippen LogP contribution is 2.38. The molecule has 2 unspecified atom stereocenters. The summed E-state index contributed by atoms with van der Waals surface area (Å²) in [6, 6.07) is 7.40. The highest BCUT2D eigenvalue weighted by Gasteiger charge is 2.55. The van der Waals surface area contributed by atoms with Crippen molar-refractivity contribution in [3.8, 4) is 0 Å². The highest BCUT2D eigenvalue weighted by molar-refractivity contribution is 6.09. The van der Waals surface area contributed by atoms with Gasteiger partial charge in [-0.3, -0.25) is 14.5 Å². The molecule has 4 amide bonds. The normalized spacial score (nSPS) is 26.0. The number of carbonyl (C=O) groups is 3. The lowest BCUT2D eigenvalue weighted by molar-refractivity contribution is -0.137. The van der Waals surface area contributed by atoms with E-state index in [9.17, 15) is 14.4 Å². The zero-order valence-corrected chi connectivity index (χ0v) is 14.8. The second-order valence-electron chi connectivity index (χ2n) is 7.20. The van der Waals surface area contributed by atoms with Gasteiger partial charge in [0.2, 0.25) is 5.91 Å². The number of nitrogens with zero attached hydrogens (tertiary/aromatic N) is 1. The van der Waals surface area contributed by atoms with Crippen LogP contribution in [0.5, 0.6) is 0 Å². The number of rotatable bonds is 4. The van der Waals surface area contributed by atoms with Crippen molar-refractivity contribution in [3.05, 3.63) is 35.4 Å². The molecule has 1 saturated carbocycles. The molecule has 0 aromatic heterocycles. The predicted octanol–water partition coefficient (Wildman–Crippen LogP) is 2.11. The van der Waals surface area contributed by atoms with Crippen molar-refractivity contribution in [1.82, 2.24) is 15.5 Å². The molecule has 1 aliphatic heterocycles. The molecule has 25 heavy (non-hydrogen) atoms. The van der Waals surface area contributed by atoms with Crippen molar-refractivity contribution in [1.29, 1.82) is 0 Å². The van der Waals surface area contributed by atoms with Crippen LogP contribution in [0.3, 0.4) is 0 Å². The average molecular weight is 343 g/mol. The number of aryl methyl sites for hydroxylation is 1. The molecule has 1 heterocycles. The topological polar surface area (TPSA) is 78.5 Å². The van der Waals surface area contributed by atoms with Gasteiger partial charge in [0.15, 0.2) is 0 Å². The van der Waals surface area contributed by atoms with E-state index in [-0.39, 0.29) is 24.3 Å². The van der Waals surface area contributed by atoms with Gasteiger partial charge in [-0.2, -0.15) is 0 Å². The summed E-state index contributed by atoms with van der Waals surface area (Å²) in [6.45, 7) is 4.15. The maximum absolute atomic E-state index is 12.8. The van der Waals surface area contributed by atoms with Crippen LogP contribution in [0.4, 0.5) is 4.79 Å². The molecule has 6 nitrogen and oxygen atoms in total. The molecule has 1 saturated heterocycles. The molecule has 2 aliphatic rings. The first kappa shape index (κ1) is 17.5. The van der Waals surface area contributed by atoms with Gasteiger partial charge in [0, 0.05) is 6.54 Å². The van der Waals surface area contributed by atoms with Crippen LogP contribution in [0, 0.1) is 12.8 Å². The summed E-state index contributed by atoms with van der Waals surface area (Å²) in [4.78, 5) is 38.3. The lowest BCUT2D eigenvalue weighted by atomic mass is 9.73. The fraction of sp³-hybridized carbons (Fsp3) is 0.526. The zero-order chi connectivity index (χ0) is 18.0. The number of amides is 4. The molecule has 3 rings (SSSR count). The van der Waals surface area contributed by atoms with Crippen LogP contribution < -0.4 is 10.6 Å². The Bertz CT molecular complexity index is 686. The second-order valence-corrected chi connectivity index (χ2v) is 7.20. The van der Waals surface area contributed by atoms with E-state index in [1.807, 2.05) is 38.1 Å². The third-order valence-corrected chi connectivity index (χ3v) is 5.41. The molecule has 1 aromatic carbocycles. The fourth-order valence-electron chi connectivity index (χ4n) is 3.75. The van der Waals surface area contributed by atoms with Crippen molar-refractivity contribution in [2.75, 3.05) is 6.54 Å². The van der Waals surface area contributed by atoms with Crippen molar-refractivity contribution in [3.63, 3.8) is 0 Å². The summed E-state index contributed by atoms with van der Waals surface area (Å²) in [5.74, 6) is -0.488. The Balaban J connectivity index is 1.60. The minimum Gasteiger partial charge on any atom is -0.350 e. The van der Waals surface area contributed by atoms with Gasteiger partial charge < -0.3 is 10.6 Å². The molecule has 1 spiro atoms. The summed E-state index contributed by atoms with van der Waals surface area (Å²) in [7, 11) is 0. The van der Waals surface area contributed by atoms with Gasteiger partial charge >= 0.3 is 6.03 Å². The minimum absolute atomic E-state index is 0.0957. The predicted molar refractivity (Wildman–Crippen MR) is 93.6 cm³/mol. The van der Waals surface area contributed by atoms with Crippen LogP contribution >= 0.6 is 0 Å². The number of nitrogens with one attached hydrogen (secondary N) is 2. The van der Waals surface area contributed by atoms with Crippen molar-refractivity contribution < 1.29 is 14.4 Å². The summed E-state index contributed by atoms with van der Waals surface area (Å²) >= 11 is 0. The second kappa shape index (κ2) is 6.86. The number of imide groups is 1. The fourth-order valence-corrected chi connectivity index (χ4v) is 3.75. The minimum atomic E-state index is -0.813. The number of urea groups is 1. The monoisotopic (exact) mass is 343 g/mol. The zero-order valence-electron chi connectivity index (χ0n) is 14.8. The Labute approximate surface area is 148 Å². The Morgan fingerprint density at radius 2 is 2.00 bits per heavy atom. The summed E-state index contributed by atoms with van der Waals surface area (Å²) in [5.41, 5.74) is 1.32. The van der Waals surface area contributed by atoms with Crippen LogP contribution in [0.1, 0.15) is 43.7 Å².